The standard InChI is InChI=1S/C19H18N2O4S/c1-25-14-8-6-13(7-9-14)12-26-19-20-16-5-3-2-4-15(16)18(24)21(19)11-10-17(22)23/h2-9H,10-12H2,1H3,(H,22,23). The van der Waals surface area contributed by atoms with Crippen molar-refractivity contribution in [3.8, 4) is 5.75 Å². The second-order valence-corrected chi connectivity index (χ2v) is 6.59. The van der Waals surface area contributed by atoms with E-state index >= 15 is 0 Å². The number of thioether (sulfide) groups is 1. The summed E-state index contributed by atoms with van der Waals surface area (Å²) in [7, 11) is 1.61. The summed E-state index contributed by atoms with van der Waals surface area (Å²) in [6, 6.07) is 14.8. The van der Waals surface area contributed by atoms with Crippen LogP contribution in [0.4, 0.5) is 0 Å². The Morgan fingerprint density at radius 2 is 1.92 bits per heavy atom. The van der Waals surface area contributed by atoms with Gasteiger partial charge in [0, 0.05) is 12.3 Å². The van der Waals surface area contributed by atoms with Crippen molar-refractivity contribution in [3.63, 3.8) is 0 Å². The third-order valence-electron chi connectivity index (χ3n) is 3.90. The summed E-state index contributed by atoms with van der Waals surface area (Å²) in [5, 5.41) is 9.98. The van der Waals surface area contributed by atoms with Gasteiger partial charge in [0.15, 0.2) is 5.16 Å². The molecule has 0 aliphatic carbocycles. The van der Waals surface area contributed by atoms with Gasteiger partial charge in [-0.15, -0.1) is 0 Å². The normalized spacial score (nSPS) is 10.8. The van der Waals surface area contributed by atoms with Crippen LogP contribution in [0.5, 0.6) is 5.75 Å². The highest BCUT2D eigenvalue weighted by atomic mass is 32.2. The molecule has 26 heavy (non-hydrogen) atoms. The lowest BCUT2D eigenvalue weighted by Gasteiger charge is -2.12. The smallest absolute Gasteiger partial charge is 0.305 e. The highest BCUT2D eigenvalue weighted by Gasteiger charge is 2.13. The van der Waals surface area contributed by atoms with Crippen LogP contribution in [-0.2, 0) is 17.1 Å². The summed E-state index contributed by atoms with van der Waals surface area (Å²) in [5.74, 6) is 0.444. The van der Waals surface area contributed by atoms with Gasteiger partial charge in [0.2, 0.25) is 0 Å². The van der Waals surface area contributed by atoms with Crippen LogP contribution in [-0.4, -0.2) is 27.7 Å². The summed E-state index contributed by atoms with van der Waals surface area (Å²) < 4.78 is 6.60. The van der Waals surface area contributed by atoms with Crippen LogP contribution in [0.1, 0.15) is 12.0 Å². The van der Waals surface area contributed by atoms with Gasteiger partial charge in [-0.3, -0.25) is 14.2 Å². The number of nitrogens with zero attached hydrogens (tertiary/aromatic N) is 2. The average molecular weight is 370 g/mol. The van der Waals surface area contributed by atoms with E-state index in [-0.39, 0.29) is 18.5 Å². The second kappa shape index (κ2) is 8.05. The second-order valence-electron chi connectivity index (χ2n) is 5.65. The Balaban J connectivity index is 1.92. The zero-order valence-electron chi connectivity index (χ0n) is 14.2. The van der Waals surface area contributed by atoms with Crippen molar-refractivity contribution >= 4 is 28.6 Å². The van der Waals surface area contributed by atoms with E-state index in [9.17, 15) is 9.59 Å². The van der Waals surface area contributed by atoms with E-state index in [1.165, 1.54) is 16.3 Å². The highest BCUT2D eigenvalue weighted by molar-refractivity contribution is 7.98. The summed E-state index contributed by atoms with van der Waals surface area (Å²) in [4.78, 5) is 28.3. The SMILES string of the molecule is COc1ccc(CSc2nc3ccccc3c(=O)n2CCC(=O)O)cc1. The number of benzene rings is 2. The Morgan fingerprint density at radius 3 is 2.62 bits per heavy atom. The van der Waals surface area contributed by atoms with Gasteiger partial charge in [0.05, 0.1) is 24.4 Å². The minimum absolute atomic E-state index is 0.0942. The molecule has 0 amide bonds. The van der Waals surface area contributed by atoms with E-state index in [1.54, 1.807) is 25.3 Å². The molecule has 0 aliphatic rings. The topological polar surface area (TPSA) is 81.4 Å². The van der Waals surface area contributed by atoms with E-state index in [4.69, 9.17) is 9.84 Å². The number of methoxy groups -OCH3 is 1. The number of aliphatic carboxylic acids is 1. The van der Waals surface area contributed by atoms with Gasteiger partial charge >= 0.3 is 5.97 Å². The molecule has 0 fully saturated rings. The first-order chi connectivity index (χ1) is 12.6. The molecule has 0 unspecified atom stereocenters. The van der Waals surface area contributed by atoms with Crippen molar-refractivity contribution in [1.29, 1.82) is 0 Å². The summed E-state index contributed by atoms with van der Waals surface area (Å²) >= 11 is 1.41. The molecule has 6 nitrogen and oxygen atoms in total. The van der Waals surface area contributed by atoms with E-state index in [2.05, 4.69) is 4.98 Å². The van der Waals surface area contributed by atoms with Crippen molar-refractivity contribution in [3.05, 3.63) is 64.4 Å². The third-order valence-corrected chi connectivity index (χ3v) is 4.95. The number of hydrogen-bond acceptors (Lipinski definition) is 5. The molecule has 0 aliphatic heterocycles. The van der Waals surface area contributed by atoms with E-state index in [0.717, 1.165) is 11.3 Å². The van der Waals surface area contributed by atoms with Crippen molar-refractivity contribution in [2.75, 3.05) is 7.11 Å². The lowest BCUT2D eigenvalue weighted by atomic mass is 10.2. The zero-order chi connectivity index (χ0) is 18.5. The number of carboxylic acids is 1. The minimum atomic E-state index is -0.948. The van der Waals surface area contributed by atoms with Gasteiger partial charge in [0.1, 0.15) is 5.75 Å². The zero-order valence-corrected chi connectivity index (χ0v) is 15.0. The number of fused-ring (bicyclic) bond motifs is 1. The van der Waals surface area contributed by atoms with Crippen molar-refractivity contribution in [2.24, 2.45) is 0 Å². The van der Waals surface area contributed by atoms with Gasteiger partial charge in [-0.1, -0.05) is 36.0 Å². The highest BCUT2D eigenvalue weighted by Crippen LogP contribution is 2.23. The molecule has 0 saturated carbocycles. The molecule has 3 aromatic rings. The molecular weight excluding hydrogens is 352 g/mol. The molecular formula is C19H18N2O4S. The number of carbonyl (C=O) groups is 1. The summed E-state index contributed by atoms with van der Waals surface area (Å²) in [6.07, 6.45) is -0.129. The Morgan fingerprint density at radius 1 is 1.19 bits per heavy atom. The fraction of sp³-hybridized carbons (Fsp3) is 0.211. The molecule has 0 saturated heterocycles. The predicted octanol–water partition coefficient (Wildman–Crippen LogP) is 3.17. The molecule has 3 rings (SSSR count). The number of carboxylic acid groups (broad SMARTS) is 1. The van der Waals surface area contributed by atoms with Crippen LogP contribution in [0.3, 0.4) is 0 Å². The van der Waals surface area contributed by atoms with Gasteiger partial charge in [0.25, 0.3) is 5.56 Å². The van der Waals surface area contributed by atoms with Crippen molar-refractivity contribution < 1.29 is 14.6 Å². The maximum atomic E-state index is 12.8. The van der Waals surface area contributed by atoms with Crippen LogP contribution >= 0.6 is 11.8 Å². The monoisotopic (exact) mass is 370 g/mol. The van der Waals surface area contributed by atoms with Gasteiger partial charge in [-0.2, -0.15) is 0 Å². The maximum Gasteiger partial charge on any atom is 0.305 e. The van der Waals surface area contributed by atoms with Crippen molar-refractivity contribution in [2.45, 2.75) is 23.9 Å². The number of ether oxygens (including phenoxy) is 1. The average Bonchev–Trinajstić information content (AvgIpc) is 2.66. The predicted molar refractivity (Wildman–Crippen MR) is 101 cm³/mol. The lowest BCUT2D eigenvalue weighted by Crippen LogP contribution is -2.24. The Bertz CT molecular complexity index is 983. The molecule has 0 spiro atoms. The van der Waals surface area contributed by atoms with Crippen LogP contribution < -0.4 is 10.3 Å². The van der Waals surface area contributed by atoms with Crippen LogP contribution in [0.2, 0.25) is 0 Å². The molecule has 0 radical (unpaired) electrons. The summed E-state index contributed by atoms with van der Waals surface area (Å²) in [5.41, 5.74) is 1.46. The number of aromatic nitrogens is 2. The van der Waals surface area contributed by atoms with Crippen molar-refractivity contribution in [1.82, 2.24) is 9.55 Å². The first-order valence-electron chi connectivity index (χ1n) is 8.05. The lowest BCUT2D eigenvalue weighted by molar-refractivity contribution is -0.137. The van der Waals surface area contributed by atoms with Crippen LogP contribution in [0, 0.1) is 0 Å². The Kier molecular flexibility index (Phi) is 5.58. The van der Waals surface area contributed by atoms with Crippen LogP contribution in [0.15, 0.2) is 58.5 Å². The fourth-order valence-corrected chi connectivity index (χ4v) is 3.51. The fourth-order valence-electron chi connectivity index (χ4n) is 2.53. The molecule has 1 aromatic heterocycles. The van der Waals surface area contributed by atoms with E-state index in [0.29, 0.717) is 21.8 Å². The Hall–Kier alpha value is -2.80. The number of hydrogen-bond donors (Lipinski definition) is 1. The third kappa shape index (κ3) is 4.05. The minimum Gasteiger partial charge on any atom is -0.497 e. The van der Waals surface area contributed by atoms with Crippen LogP contribution in [0.25, 0.3) is 10.9 Å². The first-order valence-corrected chi connectivity index (χ1v) is 9.04. The number of rotatable bonds is 7. The molecule has 1 heterocycles. The molecule has 7 heteroatoms. The van der Waals surface area contributed by atoms with Gasteiger partial charge < -0.3 is 9.84 Å². The number of para-hydroxylation sites is 1. The van der Waals surface area contributed by atoms with Gasteiger partial charge in [-0.05, 0) is 29.8 Å². The maximum absolute atomic E-state index is 12.8. The molecule has 134 valence electrons. The summed E-state index contributed by atoms with van der Waals surface area (Å²) in [6.45, 7) is 0.0942. The first kappa shape index (κ1) is 18.0. The molecule has 0 atom stereocenters. The largest absolute Gasteiger partial charge is 0.497 e. The van der Waals surface area contributed by atoms with E-state index < -0.39 is 5.97 Å². The van der Waals surface area contributed by atoms with E-state index in [1.807, 2.05) is 30.3 Å². The van der Waals surface area contributed by atoms with Gasteiger partial charge in [-0.25, -0.2) is 4.98 Å². The molecule has 1 N–H and O–H groups in total. The quantitative estimate of drug-likeness (QED) is 0.508. The Labute approximate surface area is 154 Å². The molecule has 0 bridgehead atoms. The molecule has 2 aromatic carbocycles.